The first-order chi connectivity index (χ1) is 13.5. The highest BCUT2D eigenvalue weighted by atomic mass is 32.2. The molecule has 0 fully saturated rings. The van der Waals surface area contributed by atoms with Crippen molar-refractivity contribution in [2.75, 3.05) is 17.1 Å². The molecule has 0 bridgehead atoms. The molecule has 0 aliphatic rings. The molecule has 1 heterocycles. The molecule has 0 radical (unpaired) electrons. The Hall–Kier alpha value is -2.65. The normalized spacial score (nSPS) is 12.0. The largest absolute Gasteiger partial charge is 0.494 e. The van der Waals surface area contributed by atoms with Crippen molar-refractivity contribution in [1.29, 1.82) is 0 Å². The topological polar surface area (TPSA) is 97.4 Å². The molecular weight excluding hydrogens is 410 g/mol. The first-order valence-electron chi connectivity index (χ1n) is 8.89. The first-order valence-corrected chi connectivity index (χ1v) is 11.2. The van der Waals surface area contributed by atoms with E-state index in [1.165, 1.54) is 25.4 Å². The van der Waals surface area contributed by atoms with Crippen LogP contribution >= 0.6 is 11.3 Å². The summed E-state index contributed by atoms with van der Waals surface area (Å²) in [6.07, 6.45) is 0. The number of thiazole rings is 1. The zero-order valence-corrected chi connectivity index (χ0v) is 18.5. The number of amides is 1. The molecule has 0 saturated carbocycles. The number of fused-ring (bicyclic) bond motifs is 1. The number of sulfonamides is 1. The molecule has 7 nitrogen and oxygen atoms in total. The molecule has 0 atom stereocenters. The fourth-order valence-corrected chi connectivity index (χ4v) is 4.77. The van der Waals surface area contributed by atoms with Crippen LogP contribution in [0, 0.1) is 0 Å². The lowest BCUT2D eigenvalue weighted by molar-refractivity contribution is -0.114. The molecule has 0 unspecified atom stereocenters. The average Bonchev–Trinajstić information content (AvgIpc) is 3.01. The molecule has 1 aromatic heterocycles. The van der Waals surface area contributed by atoms with Gasteiger partial charge in [0.15, 0.2) is 5.13 Å². The van der Waals surface area contributed by atoms with Crippen molar-refractivity contribution in [3.63, 3.8) is 0 Å². The predicted octanol–water partition coefficient (Wildman–Crippen LogP) is 4.36. The van der Waals surface area contributed by atoms with Crippen LogP contribution in [-0.2, 0) is 20.2 Å². The number of nitrogens with zero attached hydrogens (tertiary/aromatic N) is 1. The van der Waals surface area contributed by atoms with Crippen LogP contribution in [0.3, 0.4) is 0 Å². The number of carbonyl (C=O) groups is 1. The fourth-order valence-electron chi connectivity index (χ4n) is 2.77. The van der Waals surface area contributed by atoms with Gasteiger partial charge in [0.25, 0.3) is 10.0 Å². The lowest BCUT2D eigenvalue weighted by Gasteiger charge is -2.19. The van der Waals surface area contributed by atoms with E-state index in [2.05, 4.69) is 35.8 Å². The smallest absolute Gasteiger partial charge is 0.261 e. The molecule has 9 heteroatoms. The number of carbonyl (C=O) groups excluding carboxylic acids is 1. The third kappa shape index (κ3) is 4.68. The van der Waals surface area contributed by atoms with E-state index in [-0.39, 0.29) is 16.2 Å². The van der Waals surface area contributed by atoms with Gasteiger partial charge in [0, 0.05) is 13.0 Å². The molecule has 0 aliphatic carbocycles. The summed E-state index contributed by atoms with van der Waals surface area (Å²) in [6, 6.07) is 10.1. The van der Waals surface area contributed by atoms with Crippen molar-refractivity contribution in [2.24, 2.45) is 0 Å². The van der Waals surface area contributed by atoms with Gasteiger partial charge in [-0.25, -0.2) is 13.4 Å². The van der Waals surface area contributed by atoms with Crippen LogP contribution in [0.4, 0.5) is 10.8 Å². The summed E-state index contributed by atoms with van der Waals surface area (Å²) in [7, 11) is -2.29. The Kier molecular flexibility index (Phi) is 5.55. The second kappa shape index (κ2) is 7.64. The van der Waals surface area contributed by atoms with E-state index in [0.717, 1.165) is 5.56 Å². The number of methoxy groups -OCH3 is 1. The highest BCUT2D eigenvalue weighted by Gasteiger charge is 2.19. The van der Waals surface area contributed by atoms with Gasteiger partial charge in [-0.2, -0.15) is 0 Å². The number of hydrogen-bond acceptors (Lipinski definition) is 6. The lowest BCUT2D eigenvalue weighted by Crippen LogP contribution is -2.15. The summed E-state index contributed by atoms with van der Waals surface area (Å²) < 4.78 is 34.3. The molecule has 0 saturated heterocycles. The van der Waals surface area contributed by atoms with Gasteiger partial charge in [-0.05, 0) is 29.2 Å². The first kappa shape index (κ1) is 21.1. The maximum Gasteiger partial charge on any atom is 0.261 e. The van der Waals surface area contributed by atoms with Crippen LogP contribution < -0.4 is 14.8 Å². The minimum atomic E-state index is -3.77. The Morgan fingerprint density at radius 1 is 1.14 bits per heavy atom. The van der Waals surface area contributed by atoms with Crippen molar-refractivity contribution in [3.8, 4) is 5.75 Å². The molecule has 154 valence electrons. The maximum atomic E-state index is 12.8. The SMILES string of the molecule is COc1cc(NS(=O)(=O)c2ccc(C(C)(C)C)cc2)cc2sc(NC(C)=O)nc12. The predicted molar refractivity (Wildman–Crippen MR) is 116 cm³/mol. The molecular formula is C20H23N3O4S2. The van der Waals surface area contributed by atoms with Crippen LogP contribution in [0.2, 0.25) is 0 Å². The van der Waals surface area contributed by atoms with Gasteiger partial charge in [0.05, 0.1) is 22.4 Å². The van der Waals surface area contributed by atoms with E-state index in [9.17, 15) is 13.2 Å². The van der Waals surface area contributed by atoms with E-state index in [1.807, 2.05) is 12.1 Å². The summed E-state index contributed by atoms with van der Waals surface area (Å²) in [6.45, 7) is 7.61. The molecule has 29 heavy (non-hydrogen) atoms. The fraction of sp³-hybridized carbons (Fsp3) is 0.300. The van der Waals surface area contributed by atoms with E-state index in [1.54, 1.807) is 24.3 Å². The molecule has 3 aromatic rings. The molecule has 0 spiro atoms. The maximum absolute atomic E-state index is 12.8. The third-order valence-corrected chi connectivity index (χ3v) is 6.56. The minimum absolute atomic E-state index is 0.0636. The number of benzene rings is 2. The van der Waals surface area contributed by atoms with Gasteiger partial charge < -0.3 is 10.1 Å². The highest BCUT2D eigenvalue weighted by molar-refractivity contribution is 7.92. The van der Waals surface area contributed by atoms with Crippen LogP contribution in [0.15, 0.2) is 41.3 Å². The van der Waals surface area contributed by atoms with E-state index < -0.39 is 10.0 Å². The average molecular weight is 434 g/mol. The Balaban J connectivity index is 1.94. The Bertz CT molecular complexity index is 1160. The van der Waals surface area contributed by atoms with Gasteiger partial charge in [-0.15, -0.1) is 0 Å². The van der Waals surface area contributed by atoms with Gasteiger partial charge in [-0.1, -0.05) is 44.2 Å². The molecule has 3 rings (SSSR count). The highest BCUT2D eigenvalue weighted by Crippen LogP contribution is 2.36. The lowest BCUT2D eigenvalue weighted by atomic mass is 9.87. The van der Waals surface area contributed by atoms with Crippen molar-refractivity contribution >= 4 is 48.3 Å². The Labute approximate surface area is 174 Å². The summed E-state index contributed by atoms with van der Waals surface area (Å²) >= 11 is 1.24. The van der Waals surface area contributed by atoms with Crippen molar-refractivity contribution in [1.82, 2.24) is 4.98 Å². The van der Waals surface area contributed by atoms with E-state index in [4.69, 9.17) is 4.74 Å². The number of ether oxygens (including phenoxy) is 1. The summed E-state index contributed by atoms with van der Waals surface area (Å²) in [5.74, 6) is 0.179. The second-order valence-electron chi connectivity index (χ2n) is 7.61. The Morgan fingerprint density at radius 2 is 1.79 bits per heavy atom. The number of rotatable bonds is 5. The van der Waals surface area contributed by atoms with Crippen LogP contribution in [0.1, 0.15) is 33.3 Å². The van der Waals surface area contributed by atoms with Crippen LogP contribution in [0.25, 0.3) is 10.2 Å². The van der Waals surface area contributed by atoms with Crippen molar-refractivity contribution < 1.29 is 17.9 Å². The van der Waals surface area contributed by atoms with Crippen LogP contribution in [-0.4, -0.2) is 26.4 Å². The molecule has 0 aliphatic heterocycles. The summed E-state index contributed by atoms with van der Waals surface area (Å²) in [5, 5.41) is 3.05. The minimum Gasteiger partial charge on any atom is -0.494 e. The van der Waals surface area contributed by atoms with E-state index in [0.29, 0.717) is 26.8 Å². The molecule has 1 amide bonds. The monoisotopic (exact) mass is 433 g/mol. The third-order valence-electron chi connectivity index (χ3n) is 4.25. The van der Waals surface area contributed by atoms with Crippen molar-refractivity contribution in [2.45, 2.75) is 38.0 Å². The quantitative estimate of drug-likeness (QED) is 0.623. The Morgan fingerprint density at radius 3 is 2.34 bits per heavy atom. The van der Waals surface area contributed by atoms with E-state index >= 15 is 0 Å². The summed E-state index contributed by atoms with van der Waals surface area (Å²) in [4.78, 5) is 15.8. The zero-order valence-electron chi connectivity index (χ0n) is 16.9. The number of hydrogen-bond donors (Lipinski definition) is 2. The molecule has 2 aromatic carbocycles. The van der Waals surface area contributed by atoms with Gasteiger partial charge >= 0.3 is 0 Å². The standard InChI is InChI=1S/C20H23N3O4S2/c1-12(24)21-19-22-18-16(27-5)10-14(11-17(18)28-19)23-29(25,26)15-8-6-13(7-9-15)20(2,3)4/h6-11,23H,1-5H3,(H,21,22,24). The molecule has 2 N–H and O–H groups in total. The number of aromatic nitrogens is 1. The zero-order chi connectivity index (χ0) is 21.4. The van der Waals surface area contributed by atoms with Crippen LogP contribution in [0.5, 0.6) is 5.75 Å². The van der Waals surface area contributed by atoms with Gasteiger partial charge in [-0.3, -0.25) is 9.52 Å². The van der Waals surface area contributed by atoms with Crippen molar-refractivity contribution in [3.05, 3.63) is 42.0 Å². The summed E-state index contributed by atoms with van der Waals surface area (Å²) in [5.41, 5.74) is 1.90. The second-order valence-corrected chi connectivity index (χ2v) is 10.3. The number of nitrogens with one attached hydrogen (secondary N) is 2. The number of anilines is 2. The van der Waals surface area contributed by atoms with Gasteiger partial charge in [0.2, 0.25) is 5.91 Å². The van der Waals surface area contributed by atoms with Gasteiger partial charge in [0.1, 0.15) is 11.3 Å².